The summed E-state index contributed by atoms with van der Waals surface area (Å²) in [6.45, 7) is 1.80. The van der Waals surface area contributed by atoms with Gasteiger partial charge in [-0.15, -0.1) is 0 Å². The summed E-state index contributed by atoms with van der Waals surface area (Å²) in [6.07, 6.45) is 3.17. The van der Waals surface area contributed by atoms with Gasteiger partial charge in [0.25, 0.3) is 5.91 Å². The number of pyridine rings is 1. The van der Waals surface area contributed by atoms with Crippen molar-refractivity contribution in [3.05, 3.63) is 70.6 Å². The number of nitrogens with one attached hydrogen (secondary N) is 2. The lowest BCUT2D eigenvalue weighted by Gasteiger charge is -2.10. The van der Waals surface area contributed by atoms with Crippen molar-refractivity contribution in [3.63, 3.8) is 0 Å². The van der Waals surface area contributed by atoms with Crippen LogP contribution in [0.3, 0.4) is 0 Å². The molecule has 24 heavy (non-hydrogen) atoms. The molecule has 0 saturated heterocycles. The Morgan fingerprint density at radius 1 is 1.08 bits per heavy atom. The number of carbonyl (C=O) groups excluding carboxylic acids is 1. The van der Waals surface area contributed by atoms with Gasteiger partial charge in [0.15, 0.2) is 0 Å². The molecule has 7 heteroatoms. The molecule has 3 aromatic rings. The summed E-state index contributed by atoms with van der Waals surface area (Å²) in [6, 6.07) is 13.1. The SMILES string of the molecule is Cc1nc(-c2cccc(Br)c2)ccc1C(=O)NNc1ncccn1. The average molecular weight is 384 g/mol. The fourth-order valence-corrected chi connectivity index (χ4v) is 2.55. The van der Waals surface area contributed by atoms with Crippen molar-refractivity contribution in [1.82, 2.24) is 20.4 Å². The Hall–Kier alpha value is -2.80. The van der Waals surface area contributed by atoms with Crippen LogP contribution in [0.2, 0.25) is 0 Å². The Morgan fingerprint density at radius 2 is 1.88 bits per heavy atom. The number of rotatable bonds is 4. The number of carbonyl (C=O) groups is 1. The number of aryl methyl sites for hydroxylation is 1. The average Bonchev–Trinajstić information content (AvgIpc) is 2.60. The number of hydrazine groups is 1. The number of anilines is 1. The third-order valence-corrected chi connectivity index (χ3v) is 3.80. The summed E-state index contributed by atoms with van der Waals surface area (Å²) in [5.41, 5.74) is 8.15. The van der Waals surface area contributed by atoms with Crippen LogP contribution in [0.4, 0.5) is 5.95 Å². The van der Waals surface area contributed by atoms with Crippen molar-refractivity contribution in [1.29, 1.82) is 0 Å². The lowest BCUT2D eigenvalue weighted by atomic mass is 10.1. The summed E-state index contributed by atoms with van der Waals surface area (Å²) >= 11 is 3.45. The molecule has 0 radical (unpaired) electrons. The molecule has 0 spiro atoms. The van der Waals surface area contributed by atoms with Crippen LogP contribution in [-0.4, -0.2) is 20.9 Å². The van der Waals surface area contributed by atoms with Crippen molar-refractivity contribution >= 4 is 27.8 Å². The van der Waals surface area contributed by atoms with E-state index in [-0.39, 0.29) is 5.91 Å². The number of amides is 1. The Bertz CT molecular complexity index is 870. The van der Waals surface area contributed by atoms with Gasteiger partial charge in [-0.25, -0.2) is 9.97 Å². The van der Waals surface area contributed by atoms with Crippen LogP contribution in [0.5, 0.6) is 0 Å². The maximum atomic E-state index is 12.3. The molecule has 0 unspecified atom stereocenters. The zero-order chi connectivity index (χ0) is 16.9. The molecule has 6 nitrogen and oxygen atoms in total. The Labute approximate surface area is 147 Å². The van der Waals surface area contributed by atoms with Gasteiger partial charge in [-0.2, -0.15) is 0 Å². The first kappa shape index (κ1) is 16.1. The van der Waals surface area contributed by atoms with Gasteiger partial charge < -0.3 is 0 Å². The summed E-state index contributed by atoms with van der Waals surface area (Å²) in [5.74, 6) is 0.0236. The van der Waals surface area contributed by atoms with Crippen LogP contribution >= 0.6 is 15.9 Å². The van der Waals surface area contributed by atoms with Crippen LogP contribution in [0.1, 0.15) is 16.1 Å². The highest BCUT2D eigenvalue weighted by atomic mass is 79.9. The van der Waals surface area contributed by atoms with Gasteiger partial charge in [0.1, 0.15) is 0 Å². The predicted molar refractivity (Wildman–Crippen MR) is 95.2 cm³/mol. The second kappa shape index (κ2) is 7.18. The predicted octanol–water partition coefficient (Wildman–Crippen LogP) is 3.37. The third-order valence-electron chi connectivity index (χ3n) is 3.30. The van der Waals surface area contributed by atoms with E-state index in [1.54, 1.807) is 31.5 Å². The zero-order valence-electron chi connectivity index (χ0n) is 12.8. The largest absolute Gasteiger partial charge is 0.271 e. The van der Waals surface area contributed by atoms with Crippen LogP contribution in [-0.2, 0) is 0 Å². The van der Waals surface area contributed by atoms with E-state index in [1.165, 1.54) is 0 Å². The highest BCUT2D eigenvalue weighted by molar-refractivity contribution is 9.10. The topological polar surface area (TPSA) is 79.8 Å². The van der Waals surface area contributed by atoms with E-state index >= 15 is 0 Å². The summed E-state index contributed by atoms with van der Waals surface area (Å²) in [5, 5.41) is 0. The molecule has 0 aliphatic heterocycles. The molecule has 2 N–H and O–H groups in total. The van der Waals surface area contributed by atoms with Crippen LogP contribution < -0.4 is 10.9 Å². The number of hydrogen-bond acceptors (Lipinski definition) is 5. The van der Waals surface area contributed by atoms with Crippen LogP contribution in [0.15, 0.2) is 59.3 Å². The molecule has 0 bridgehead atoms. The van der Waals surface area contributed by atoms with E-state index in [0.29, 0.717) is 17.2 Å². The van der Waals surface area contributed by atoms with E-state index in [2.05, 4.69) is 41.7 Å². The molecule has 0 aliphatic rings. The maximum absolute atomic E-state index is 12.3. The highest BCUT2D eigenvalue weighted by Crippen LogP contribution is 2.22. The van der Waals surface area contributed by atoms with Gasteiger partial charge in [-0.05, 0) is 37.3 Å². The second-order valence-corrected chi connectivity index (χ2v) is 5.91. The first-order chi connectivity index (χ1) is 11.6. The minimum atomic E-state index is -0.298. The quantitative estimate of drug-likeness (QED) is 0.675. The normalized spacial score (nSPS) is 10.2. The molecule has 0 fully saturated rings. The first-order valence-corrected chi connectivity index (χ1v) is 8.00. The van der Waals surface area contributed by atoms with Gasteiger partial charge in [-0.1, -0.05) is 28.1 Å². The zero-order valence-corrected chi connectivity index (χ0v) is 14.4. The van der Waals surface area contributed by atoms with Gasteiger partial charge in [0.05, 0.1) is 17.0 Å². The van der Waals surface area contributed by atoms with Gasteiger partial charge >= 0.3 is 0 Å². The van der Waals surface area contributed by atoms with Gasteiger partial charge in [0, 0.05) is 22.4 Å². The minimum absolute atomic E-state index is 0.298. The molecular formula is C17H14BrN5O. The lowest BCUT2D eigenvalue weighted by Crippen LogP contribution is -2.31. The van der Waals surface area contributed by atoms with Crippen molar-refractivity contribution in [3.8, 4) is 11.3 Å². The Balaban J connectivity index is 1.76. The number of aromatic nitrogens is 3. The number of nitrogens with zero attached hydrogens (tertiary/aromatic N) is 3. The van der Waals surface area contributed by atoms with Crippen molar-refractivity contribution < 1.29 is 4.79 Å². The first-order valence-electron chi connectivity index (χ1n) is 7.20. The number of hydrogen-bond donors (Lipinski definition) is 2. The standard InChI is InChI=1S/C17H14BrN5O/c1-11-14(16(24)22-23-17-19-8-3-9-20-17)6-7-15(21-11)12-4-2-5-13(18)10-12/h2-10H,1H3,(H,22,24)(H,19,20,23). The third kappa shape index (κ3) is 3.75. The molecule has 0 saturated carbocycles. The van der Waals surface area contributed by atoms with Crippen molar-refractivity contribution in [2.45, 2.75) is 6.92 Å². The fraction of sp³-hybridized carbons (Fsp3) is 0.0588. The van der Waals surface area contributed by atoms with Crippen LogP contribution in [0, 0.1) is 6.92 Å². The van der Waals surface area contributed by atoms with Gasteiger partial charge in [-0.3, -0.25) is 20.6 Å². The molecular weight excluding hydrogens is 370 g/mol. The summed E-state index contributed by atoms with van der Waals surface area (Å²) < 4.78 is 0.980. The number of halogens is 1. The molecule has 0 aliphatic carbocycles. The van der Waals surface area contributed by atoms with E-state index in [1.807, 2.05) is 30.3 Å². The highest BCUT2D eigenvalue weighted by Gasteiger charge is 2.11. The molecule has 0 atom stereocenters. The maximum Gasteiger partial charge on any atom is 0.271 e. The minimum Gasteiger partial charge on any atom is -0.267 e. The molecule has 2 heterocycles. The fourth-order valence-electron chi connectivity index (χ4n) is 2.15. The second-order valence-electron chi connectivity index (χ2n) is 4.99. The molecule has 1 aromatic carbocycles. The van der Waals surface area contributed by atoms with E-state index in [9.17, 15) is 4.79 Å². The molecule has 2 aromatic heterocycles. The smallest absolute Gasteiger partial charge is 0.267 e. The van der Waals surface area contributed by atoms with Crippen molar-refractivity contribution in [2.24, 2.45) is 0 Å². The Kier molecular flexibility index (Phi) is 4.81. The summed E-state index contributed by atoms with van der Waals surface area (Å²) in [7, 11) is 0. The van der Waals surface area contributed by atoms with E-state index in [0.717, 1.165) is 15.7 Å². The molecule has 1 amide bonds. The monoisotopic (exact) mass is 383 g/mol. The molecule has 120 valence electrons. The molecule has 3 rings (SSSR count). The van der Waals surface area contributed by atoms with E-state index in [4.69, 9.17) is 0 Å². The van der Waals surface area contributed by atoms with Gasteiger partial charge in [0.2, 0.25) is 5.95 Å². The summed E-state index contributed by atoms with van der Waals surface area (Å²) in [4.78, 5) is 24.7. The lowest BCUT2D eigenvalue weighted by molar-refractivity contribution is 0.0961. The van der Waals surface area contributed by atoms with E-state index < -0.39 is 0 Å². The number of benzene rings is 1. The Morgan fingerprint density at radius 3 is 2.58 bits per heavy atom. The van der Waals surface area contributed by atoms with Crippen molar-refractivity contribution in [2.75, 3.05) is 5.43 Å². The van der Waals surface area contributed by atoms with Crippen LogP contribution in [0.25, 0.3) is 11.3 Å².